The van der Waals surface area contributed by atoms with Crippen molar-refractivity contribution in [1.82, 2.24) is 9.80 Å². The summed E-state index contributed by atoms with van der Waals surface area (Å²) in [5.74, 6) is -3.52. The number of benzene rings is 2. The van der Waals surface area contributed by atoms with Gasteiger partial charge in [-0.05, 0) is 25.0 Å². The van der Waals surface area contributed by atoms with Gasteiger partial charge in [0, 0.05) is 13.1 Å². The van der Waals surface area contributed by atoms with Gasteiger partial charge in [0.15, 0.2) is 23.1 Å². The lowest BCUT2D eigenvalue weighted by Crippen LogP contribution is -2.41. The standard InChI is InChI=1S/C26H24N2O6/c1-15(29)19-21(17-9-5-3-6-10-17)27(25(33)23(19)31)13-14-28-22(18-11-7-4-8-12-18)20(16(2)30)24(32)26(28)34/h3-12,21-22,31-32H,13-14H2,1-2H3. The van der Waals surface area contributed by atoms with Crippen LogP contribution in [0.2, 0.25) is 0 Å². The van der Waals surface area contributed by atoms with Gasteiger partial charge in [0.2, 0.25) is 0 Å². The maximum Gasteiger partial charge on any atom is 0.290 e. The fourth-order valence-corrected chi connectivity index (χ4v) is 4.67. The third kappa shape index (κ3) is 3.77. The average molecular weight is 460 g/mol. The van der Waals surface area contributed by atoms with Crippen molar-refractivity contribution >= 4 is 23.4 Å². The third-order valence-corrected chi connectivity index (χ3v) is 6.18. The number of aliphatic hydroxyl groups excluding tert-OH is 2. The highest BCUT2D eigenvalue weighted by Crippen LogP contribution is 2.40. The maximum absolute atomic E-state index is 12.9. The Bertz CT molecular complexity index is 1130. The van der Waals surface area contributed by atoms with Gasteiger partial charge in [-0.2, -0.15) is 0 Å². The number of amides is 2. The number of nitrogens with zero attached hydrogens (tertiary/aromatic N) is 2. The molecular formula is C26H24N2O6. The molecule has 4 rings (SSSR count). The van der Waals surface area contributed by atoms with Crippen LogP contribution in [0.15, 0.2) is 83.3 Å². The molecule has 2 aromatic rings. The molecular weight excluding hydrogens is 436 g/mol. The summed E-state index contributed by atoms with van der Waals surface area (Å²) in [7, 11) is 0. The molecule has 2 aliphatic rings. The molecule has 0 saturated heterocycles. The second-order valence-corrected chi connectivity index (χ2v) is 8.26. The van der Waals surface area contributed by atoms with Crippen molar-refractivity contribution in [1.29, 1.82) is 0 Å². The Morgan fingerprint density at radius 3 is 1.29 bits per heavy atom. The van der Waals surface area contributed by atoms with Crippen molar-refractivity contribution < 1.29 is 29.4 Å². The van der Waals surface area contributed by atoms with Crippen LogP contribution in [0.3, 0.4) is 0 Å². The molecule has 2 aromatic carbocycles. The van der Waals surface area contributed by atoms with E-state index in [-0.39, 0.29) is 24.2 Å². The molecule has 34 heavy (non-hydrogen) atoms. The van der Waals surface area contributed by atoms with Crippen LogP contribution in [0.4, 0.5) is 0 Å². The summed E-state index contributed by atoms with van der Waals surface area (Å²) in [6.45, 7) is 2.50. The molecule has 174 valence electrons. The molecule has 0 spiro atoms. The second-order valence-electron chi connectivity index (χ2n) is 8.26. The van der Waals surface area contributed by atoms with Crippen molar-refractivity contribution in [3.63, 3.8) is 0 Å². The lowest BCUT2D eigenvalue weighted by atomic mass is 9.96. The van der Waals surface area contributed by atoms with E-state index in [0.717, 1.165) is 0 Å². The largest absolute Gasteiger partial charge is 0.503 e. The van der Waals surface area contributed by atoms with Gasteiger partial charge in [0.05, 0.1) is 23.2 Å². The van der Waals surface area contributed by atoms with Gasteiger partial charge >= 0.3 is 0 Å². The van der Waals surface area contributed by atoms with E-state index in [2.05, 4.69) is 0 Å². The molecule has 2 amide bonds. The monoisotopic (exact) mass is 460 g/mol. The summed E-state index contributed by atoms with van der Waals surface area (Å²) in [4.78, 5) is 53.1. The van der Waals surface area contributed by atoms with Crippen molar-refractivity contribution in [2.24, 2.45) is 0 Å². The summed E-state index contributed by atoms with van der Waals surface area (Å²) in [6.07, 6.45) is 0. The van der Waals surface area contributed by atoms with Crippen molar-refractivity contribution in [2.45, 2.75) is 25.9 Å². The topological polar surface area (TPSA) is 115 Å². The minimum absolute atomic E-state index is 0.00560. The normalized spacial score (nSPS) is 20.5. The van der Waals surface area contributed by atoms with Crippen LogP contribution in [0.5, 0.6) is 0 Å². The summed E-state index contributed by atoms with van der Waals surface area (Å²) in [6, 6.07) is 16.0. The van der Waals surface area contributed by atoms with E-state index in [1.54, 1.807) is 60.7 Å². The van der Waals surface area contributed by atoms with Crippen LogP contribution in [0.25, 0.3) is 0 Å². The van der Waals surface area contributed by atoms with E-state index in [1.165, 1.54) is 23.6 Å². The zero-order valence-electron chi connectivity index (χ0n) is 18.8. The molecule has 0 saturated carbocycles. The predicted octanol–water partition coefficient (Wildman–Crippen LogP) is 2.96. The number of hydrogen-bond donors (Lipinski definition) is 2. The number of carbonyl (C=O) groups excluding carboxylic acids is 4. The molecule has 0 radical (unpaired) electrons. The Balaban J connectivity index is 1.67. The maximum atomic E-state index is 12.9. The van der Waals surface area contributed by atoms with Gasteiger partial charge < -0.3 is 20.0 Å². The van der Waals surface area contributed by atoms with E-state index in [4.69, 9.17) is 0 Å². The van der Waals surface area contributed by atoms with Gasteiger partial charge in [0.25, 0.3) is 11.8 Å². The SMILES string of the molecule is CC(=O)C1=C(O)C(=O)N(CCN2C(=O)C(O)=C(C(C)=O)C2c2ccccc2)C1c1ccccc1. The number of hydrogen-bond acceptors (Lipinski definition) is 6. The van der Waals surface area contributed by atoms with Gasteiger partial charge in [-0.3, -0.25) is 19.2 Å². The third-order valence-electron chi connectivity index (χ3n) is 6.18. The Morgan fingerprint density at radius 2 is 1.00 bits per heavy atom. The number of aliphatic hydroxyl groups is 2. The molecule has 0 aromatic heterocycles. The number of carbonyl (C=O) groups is 4. The molecule has 2 atom stereocenters. The fourth-order valence-electron chi connectivity index (χ4n) is 4.67. The van der Waals surface area contributed by atoms with Crippen LogP contribution >= 0.6 is 0 Å². The van der Waals surface area contributed by atoms with Gasteiger partial charge in [-0.1, -0.05) is 60.7 Å². The average Bonchev–Trinajstić information content (AvgIpc) is 3.23. The van der Waals surface area contributed by atoms with Crippen molar-refractivity contribution in [3.05, 3.63) is 94.5 Å². The Kier molecular flexibility index (Phi) is 6.06. The summed E-state index contributed by atoms with van der Waals surface area (Å²) in [5, 5.41) is 20.9. The molecule has 2 heterocycles. The predicted molar refractivity (Wildman–Crippen MR) is 122 cm³/mol. The minimum atomic E-state index is -0.812. The number of rotatable bonds is 7. The first-order chi connectivity index (χ1) is 16.2. The van der Waals surface area contributed by atoms with E-state index in [0.29, 0.717) is 11.1 Å². The van der Waals surface area contributed by atoms with Gasteiger partial charge in [0.1, 0.15) is 0 Å². The second kappa shape index (κ2) is 8.97. The first-order valence-corrected chi connectivity index (χ1v) is 10.8. The number of ketones is 2. The molecule has 8 heteroatoms. The highest BCUT2D eigenvalue weighted by molar-refractivity contribution is 6.09. The zero-order chi connectivity index (χ0) is 24.6. The van der Waals surface area contributed by atoms with E-state index >= 15 is 0 Å². The lowest BCUT2D eigenvalue weighted by Gasteiger charge is -2.31. The molecule has 2 N–H and O–H groups in total. The Labute approximate surface area is 196 Å². The first kappa shape index (κ1) is 23.0. The zero-order valence-corrected chi connectivity index (χ0v) is 18.8. The molecule has 0 fully saturated rings. The van der Waals surface area contributed by atoms with Crippen molar-refractivity contribution in [2.75, 3.05) is 13.1 Å². The highest BCUT2D eigenvalue weighted by atomic mass is 16.3. The summed E-state index contributed by atoms with van der Waals surface area (Å²) in [5.41, 5.74) is 1.27. The van der Waals surface area contributed by atoms with Crippen molar-refractivity contribution in [3.8, 4) is 0 Å². The van der Waals surface area contributed by atoms with Crippen LogP contribution in [-0.2, 0) is 19.2 Å². The lowest BCUT2D eigenvalue weighted by molar-refractivity contribution is -0.133. The fraction of sp³-hybridized carbons (Fsp3) is 0.231. The molecule has 2 aliphatic heterocycles. The Morgan fingerprint density at radius 1 is 0.676 bits per heavy atom. The quantitative estimate of drug-likeness (QED) is 0.657. The Hall–Kier alpha value is -4.20. The highest BCUT2D eigenvalue weighted by Gasteiger charge is 2.45. The minimum Gasteiger partial charge on any atom is -0.503 e. The smallest absolute Gasteiger partial charge is 0.290 e. The molecule has 0 bridgehead atoms. The molecule has 8 nitrogen and oxygen atoms in total. The molecule has 2 unspecified atom stereocenters. The summed E-state index contributed by atoms with van der Waals surface area (Å²) >= 11 is 0. The van der Waals surface area contributed by atoms with Crippen LogP contribution < -0.4 is 0 Å². The van der Waals surface area contributed by atoms with Crippen LogP contribution in [-0.4, -0.2) is 56.5 Å². The van der Waals surface area contributed by atoms with Gasteiger partial charge in [-0.15, -0.1) is 0 Å². The van der Waals surface area contributed by atoms with E-state index < -0.39 is 47.0 Å². The van der Waals surface area contributed by atoms with Gasteiger partial charge in [-0.25, -0.2) is 0 Å². The van der Waals surface area contributed by atoms with Crippen LogP contribution in [0, 0.1) is 0 Å². The number of Topliss-reactive ketones (excluding diaryl/α,β-unsaturated/α-hetero) is 2. The first-order valence-electron chi connectivity index (χ1n) is 10.8. The van der Waals surface area contributed by atoms with E-state index in [1.807, 2.05) is 0 Å². The summed E-state index contributed by atoms with van der Waals surface area (Å²) < 4.78 is 0. The van der Waals surface area contributed by atoms with Crippen LogP contribution in [0.1, 0.15) is 37.1 Å². The van der Waals surface area contributed by atoms with E-state index in [9.17, 15) is 29.4 Å². The molecule has 0 aliphatic carbocycles.